The number of amides is 1. The number of imidazole rings is 1. The van der Waals surface area contributed by atoms with E-state index in [0.717, 1.165) is 16.4 Å². The smallest absolute Gasteiger partial charge is 0.237 e. The van der Waals surface area contributed by atoms with Gasteiger partial charge in [-0.15, -0.1) is 0 Å². The fourth-order valence-corrected chi connectivity index (χ4v) is 3.94. The maximum atomic E-state index is 12.7. The summed E-state index contributed by atoms with van der Waals surface area (Å²) >= 11 is 1.42. The van der Waals surface area contributed by atoms with Crippen molar-refractivity contribution in [2.75, 3.05) is 12.1 Å². The SMILES string of the molecule is Cc1ccc(-n2ccnc2S[C@@H](C)C(=O)Nc2ccc3c(c2)OCO3)c(C)c1. The Kier molecular flexibility index (Phi) is 5.00. The number of nitrogens with zero attached hydrogens (tertiary/aromatic N) is 2. The number of fused-ring (bicyclic) bond motifs is 1. The largest absolute Gasteiger partial charge is 0.454 e. The zero-order chi connectivity index (χ0) is 19.7. The second-order valence-electron chi connectivity index (χ2n) is 6.69. The number of benzene rings is 2. The lowest BCUT2D eigenvalue weighted by atomic mass is 10.1. The quantitative estimate of drug-likeness (QED) is 0.651. The molecule has 0 radical (unpaired) electrons. The first-order chi connectivity index (χ1) is 13.5. The van der Waals surface area contributed by atoms with Crippen molar-refractivity contribution in [1.29, 1.82) is 0 Å². The molecule has 28 heavy (non-hydrogen) atoms. The van der Waals surface area contributed by atoms with Crippen LogP contribution in [0.4, 0.5) is 5.69 Å². The summed E-state index contributed by atoms with van der Waals surface area (Å²) in [6.45, 7) is 6.23. The summed E-state index contributed by atoms with van der Waals surface area (Å²) in [6.07, 6.45) is 3.67. The molecule has 0 unspecified atom stereocenters. The van der Waals surface area contributed by atoms with Gasteiger partial charge < -0.3 is 14.8 Å². The standard InChI is InChI=1S/C21H21N3O3S/c1-13-4-6-17(14(2)10-13)24-9-8-22-21(24)28-15(3)20(25)23-16-5-7-18-19(11-16)27-12-26-18/h4-11,15H,12H2,1-3H3,(H,23,25)/t15-/m0/s1. The predicted molar refractivity (Wildman–Crippen MR) is 110 cm³/mol. The molecule has 3 aromatic rings. The Labute approximate surface area is 167 Å². The fourth-order valence-electron chi connectivity index (χ4n) is 3.07. The predicted octanol–water partition coefficient (Wildman–Crippen LogP) is 4.34. The van der Waals surface area contributed by atoms with Crippen LogP contribution in [0.15, 0.2) is 53.9 Å². The third-order valence-electron chi connectivity index (χ3n) is 4.51. The van der Waals surface area contributed by atoms with Gasteiger partial charge in [0.25, 0.3) is 0 Å². The molecule has 7 heteroatoms. The van der Waals surface area contributed by atoms with E-state index < -0.39 is 0 Å². The van der Waals surface area contributed by atoms with Crippen molar-refractivity contribution >= 4 is 23.4 Å². The van der Waals surface area contributed by atoms with Crippen molar-refractivity contribution in [2.24, 2.45) is 0 Å². The molecule has 0 saturated carbocycles. The van der Waals surface area contributed by atoms with Gasteiger partial charge in [-0.05, 0) is 44.5 Å². The van der Waals surface area contributed by atoms with Crippen LogP contribution in [0.5, 0.6) is 11.5 Å². The maximum Gasteiger partial charge on any atom is 0.237 e. The van der Waals surface area contributed by atoms with E-state index in [1.807, 2.05) is 17.7 Å². The van der Waals surface area contributed by atoms with Crippen molar-refractivity contribution in [3.8, 4) is 17.2 Å². The lowest BCUT2D eigenvalue weighted by Crippen LogP contribution is -2.22. The van der Waals surface area contributed by atoms with E-state index in [1.54, 1.807) is 24.4 Å². The summed E-state index contributed by atoms with van der Waals surface area (Å²) in [6, 6.07) is 11.7. The van der Waals surface area contributed by atoms with E-state index in [2.05, 4.69) is 42.3 Å². The molecule has 1 atom stereocenters. The van der Waals surface area contributed by atoms with Crippen LogP contribution in [-0.2, 0) is 4.79 Å². The Balaban J connectivity index is 1.47. The van der Waals surface area contributed by atoms with E-state index in [-0.39, 0.29) is 18.0 Å². The molecule has 1 aliphatic heterocycles. The molecular weight excluding hydrogens is 374 g/mol. The Hall–Kier alpha value is -2.93. The van der Waals surface area contributed by atoms with Crippen LogP contribution in [0.25, 0.3) is 5.69 Å². The number of nitrogens with one attached hydrogen (secondary N) is 1. The molecule has 0 bridgehead atoms. The summed E-state index contributed by atoms with van der Waals surface area (Å²) < 4.78 is 12.7. The number of hydrogen-bond donors (Lipinski definition) is 1. The average Bonchev–Trinajstić information content (AvgIpc) is 3.30. The van der Waals surface area contributed by atoms with Gasteiger partial charge in [0.05, 0.1) is 10.9 Å². The Bertz CT molecular complexity index is 1030. The van der Waals surface area contributed by atoms with Crippen LogP contribution in [0, 0.1) is 13.8 Å². The van der Waals surface area contributed by atoms with E-state index in [4.69, 9.17) is 9.47 Å². The van der Waals surface area contributed by atoms with Gasteiger partial charge in [-0.2, -0.15) is 0 Å². The molecular formula is C21H21N3O3S. The molecule has 1 amide bonds. The second-order valence-corrected chi connectivity index (χ2v) is 8.00. The lowest BCUT2D eigenvalue weighted by Gasteiger charge is -2.15. The third-order valence-corrected chi connectivity index (χ3v) is 5.59. The molecule has 6 nitrogen and oxygen atoms in total. The highest BCUT2D eigenvalue weighted by Gasteiger charge is 2.20. The van der Waals surface area contributed by atoms with Crippen molar-refractivity contribution in [2.45, 2.75) is 31.2 Å². The zero-order valence-electron chi connectivity index (χ0n) is 15.9. The summed E-state index contributed by atoms with van der Waals surface area (Å²) in [5.74, 6) is 1.23. The number of ether oxygens (including phenoxy) is 2. The molecule has 2 aromatic carbocycles. The van der Waals surface area contributed by atoms with E-state index >= 15 is 0 Å². The first kappa shape index (κ1) is 18.4. The molecule has 0 spiro atoms. The minimum absolute atomic E-state index is 0.0981. The number of carbonyl (C=O) groups excluding carboxylic acids is 1. The molecule has 1 aliphatic rings. The summed E-state index contributed by atoms with van der Waals surface area (Å²) in [4.78, 5) is 17.1. The summed E-state index contributed by atoms with van der Waals surface area (Å²) in [5, 5.41) is 3.39. The third kappa shape index (κ3) is 3.71. The van der Waals surface area contributed by atoms with Gasteiger partial charge in [0.1, 0.15) is 0 Å². The van der Waals surface area contributed by atoms with Crippen molar-refractivity contribution < 1.29 is 14.3 Å². The van der Waals surface area contributed by atoms with Gasteiger partial charge in [0.2, 0.25) is 12.7 Å². The minimum Gasteiger partial charge on any atom is -0.454 e. The monoisotopic (exact) mass is 395 g/mol. The number of anilines is 1. The average molecular weight is 395 g/mol. The highest BCUT2D eigenvalue weighted by molar-refractivity contribution is 8.00. The van der Waals surface area contributed by atoms with Crippen LogP contribution in [0.3, 0.4) is 0 Å². The highest BCUT2D eigenvalue weighted by atomic mass is 32.2. The summed E-state index contributed by atoms with van der Waals surface area (Å²) in [5.41, 5.74) is 4.12. The first-order valence-electron chi connectivity index (χ1n) is 8.99. The van der Waals surface area contributed by atoms with E-state index in [9.17, 15) is 4.79 Å². The lowest BCUT2D eigenvalue weighted by molar-refractivity contribution is -0.115. The maximum absolute atomic E-state index is 12.7. The minimum atomic E-state index is -0.322. The second kappa shape index (κ2) is 7.59. The van der Waals surface area contributed by atoms with Gasteiger partial charge in [-0.3, -0.25) is 9.36 Å². The molecule has 0 fully saturated rings. The Morgan fingerprint density at radius 2 is 2.00 bits per heavy atom. The zero-order valence-corrected chi connectivity index (χ0v) is 16.7. The number of aromatic nitrogens is 2. The van der Waals surface area contributed by atoms with Crippen LogP contribution in [0.1, 0.15) is 18.1 Å². The van der Waals surface area contributed by atoms with E-state index in [1.165, 1.54) is 17.3 Å². The molecule has 0 saturated heterocycles. The van der Waals surface area contributed by atoms with Gasteiger partial charge in [-0.1, -0.05) is 29.5 Å². The molecule has 2 heterocycles. The summed E-state index contributed by atoms with van der Waals surface area (Å²) in [7, 11) is 0. The van der Waals surface area contributed by atoms with Gasteiger partial charge in [0, 0.05) is 24.1 Å². The van der Waals surface area contributed by atoms with Gasteiger partial charge >= 0.3 is 0 Å². The Morgan fingerprint density at radius 1 is 1.18 bits per heavy atom. The number of thioether (sulfide) groups is 1. The number of aryl methyl sites for hydroxylation is 2. The van der Waals surface area contributed by atoms with Crippen LogP contribution >= 0.6 is 11.8 Å². The van der Waals surface area contributed by atoms with Gasteiger partial charge in [0.15, 0.2) is 16.7 Å². The van der Waals surface area contributed by atoms with Crippen LogP contribution < -0.4 is 14.8 Å². The number of carbonyl (C=O) groups is 1. The molecule has 1 N–H and O–H groups in total. The molecule has 0 aliphatic carbocycles. The number of rotatable bonds is 5. The van der Waals surface area contributed by atoms with Crippen molar-refractivity contribution in [1.82, 2.24) is 9.55 Å². The number of hydrogen-bond acceptors (Lipinski definition) is 5. The molecule has 144 valence electrons. The molecule has 1 aromatic heterocycles. The normalized spacial score (nSPS) is 13.4. The van der Waals surface area contributed by atoms with Crippen LogP contribution in [0.2, 0.25) is 0 Å². The van der Waals surface area contributed by atoms with Crippen LogP contribution in [-0.4, -0.2) is 27.5 Å². The van der Waals surface area contributed by atoms with Gasteiger partial charge in [-0.25, -0.2) is 4.98 Å². The Morgan fingerprint density at radius 3 is 2.82 bits per heavy atom. The van der Waals surface area contributed by atoms with E-state index in [0.29, 0.717) is 17.2 Å². The molecule has 4 rings (SSSR count). The fraction of sp³-hybridized carbons (Fsp3) is 0.238. The first-order valence-corrected chi connectivity index (χ1v) is 9.87. The highest BCUT2D eigenvalue weighted by Crippen LogP contribution is 2.34. The van der Waals surface area contributed by atoms with Crippen molar-refractivity contribution in [3.63, 3.8) is 0 Å². The topological polar surface area (TPSA) is 65.4 Å². The van der Waals surface area contributed by atoms with Crippen molar-refractivity contribution in [3.05, 3.63) is 59.9 Å².